The van der Waals surface area contributed by atoms with E-state index in [1.54, 1.807) is 10.9 Å². The van der Waals surface area contributed by atoms with Gasteiger partial charge in [-0.3, -0.25) is 9.48 Å². The maximum Gasteiger partial charge on any atom is 0.255 e. The Morgan fingerprint density at radius 3 is 2.95 bits per heavy atom. The van der Waals surface area contributed by atoms with Crippen LogP contribution in [-0.2, 0) is 7.05 Å². The third-order valence-corrected chi connectivity index (χ3v) is 5.31. The van der Waals surface area contributed by atoms with Crippen molar-refractivity contribution in [2.75, 3.05) is 12.5 Å². The van der Waals surface area contributed by atoms with Crippen LogP contribution in [0.25, 0.3) is 0 Å². The lowest BCUT2D eigenvalue weighted by Crippen LogP contribution is -2.39. The first-order valence-electron chi connectivity index (χ1n) is 6.55. The number of aryl methyl sites for hydroxylation is 1. The third kappa shape index (κ3) is 3.69. The number of carbonyl (C=O) groups excluding carboxylic acids is 1. The number of nitrogens with one attached hydrogen (secondary N) is 1. The molecule has 19 heavy (non-hydrogen) atoms. The van der Waals surface area contributed by atoms with Crippen molar-refractivity contribution in [1.29, 1.82) is 0 Å². The summed E-state index contributed by atoms with van der Waals surface area (Å²) in [5, 5.41) is 8.95. The van der Waals surface area contributed by atoms with Crippen LogP contribution in [-0.4, -0.2) is 39.5 Å². The van der Waals surface area contributed by atoms with Gasteiger partial charge >= 0.3 is 0 Å². The topological polar surface area (TPSA) is 46.9 Å². The normalized spacial score (nSPS) is 23.3. The van der Waals surface area contributed by atoms with Crippen molar-refractivity contribution in [3.8, 4) is 0 Å². The van der Waals surface area contributed by atoms with E-state index in [4.69, 9.17) is 0 Å². The van der Waals surface area contributed by atoms with Gasteiger partial charge in [-0.15, -0.1) is 11.8 Å². The molecule has 1 aliphatic rings. The minimum Gasteiger partial charge on any atom is -0.349 e. The number of hydrogen-bond acceptors (Lipinski definition) is 4. The Morgan fingerprint density at radius 2 is 2.26 bits per heavy atom. The average Bonchev–Trinajstić information content (AvgIpc) is 2.80. The standard InChI is InChI=1S/C13H21N3OS2/c1-16-8-11(13(15-16)19-3)12(17)14-9-5-4-6-10(7-9)18-2/h8-10H,4-7H2,1-3H3,(H,14,17)/t9-,10-/m1/s1. The highest BCUT2D eigenvalue weighted by Crippen LogP contribution is 2.27. The highest BCUT2D eigenvalue weighted by atomic mass is 32.2. The van der Waals surface area contributed by atoms with Gasteiger partial charge in [-0.25, -0.2) is 0 Å². The van der Waals surface area contributed by atoms with Crippen LogP contribution in [0, 0.1) is 0 Å². The number of rotatable bonds is 4. The zero-order chi connectivity index (χ0) is 13.8. The molecule has 2 atom stereocenters. The van der Waals surface area contributed by atoms with Gasteiger partial charge in [0.05, 0.1) is 5.56 Å². The van der Waals surface area contributed by atoms with E-state index in [2.05, 4.69) is 16.7 Å². The third-order valence-electron chi connectivity index (χ3n) is 3.53. The molecule has 1 heterocycles. The predicted octanol–water partition coefficient (Wildman–Crippen LogP) is 2.55. The van der Waals surface area contributed by atoms with Gasteiger partial charge in [0, 0.05) is 24.5 Å². The number of carbonyl (C=O) groups is 1. The van der Waals surface area contributed by atoms with Gasteiger partial charge in [0.25, 0.3) is 5.91 Å². The number of amides is 1. The Kier molecular flexibility index (Phi) is 5.21. The second-order valence-corrected chi connectivity index (χ2v) is 6.85. The Morgan fingerprint density at radius 1 is 1.47 bits per heavy atom. The van der Waals surface area contributed by atoms with E-state index in [1.165, 1.54) is 24.6 Å². The summed E-state index contributed by atoms with van der Waals surface area (Å²) in [6.07, 6.45) is 10.6. The number of nitrogens with zero attached hydrogens (tertiary/aromatic N) is 2. The quantitative estimate of drug-likeness (QED) is 0.868. The van der Waals surface area contributed by atoms with Gasteiger partial charge in [-0.2, -0.15) is 16.9 Å². The summed E-state index contributed by atoms with van der Waals surface area (Å²) in [6.45, 7) is 0. The molecule has 1 aromatic rings. The fraction of sp³-hybridized carbons (Fsp3) is 0.692. The van der Waals surface area contributed by atoms with E-state index in [9.17, 15) is 4.79 Å². The Balaban J connectivity index is 2.00. The van der Waals surface area contributed by atoms with Crippen LogP contribution >= 0.6 is 23.5 Å². The molecule has 0 unspecified atom stereocenters. The first-order chi connectivity index (χ1) is 9.13. The fourth-order valence-corrected chi connectivity index (χ4v) is 3.93. The summed E-state index contributed by atoms with van der Waals surface area (Å²) < 4.78 is 1.70. The van der Waals surface area contributed by atoms with Crippen LogP contribution in [0.3, 0.4) is 0 Å². The molecule has 4 nitrogen and oxygen atoms in total. The molecule has 0 aromatic carbocycles. The van der Waals surface area contributed by atoms with Crippen LogP contribution < -0.4 is 5.32 Å². The molecular formula is C13H21N3OS2. The molecule has 6 heteroatoms. The van der Waals surface area contributed by atoms with Crippen molar-refractivity contribution in [3.63, 3.8) is 0 Å². The molecule has 0 spiro atoms. The van der Waals surface area contributed by atoms with Crippen molar-refractivity contribution in [2.24, 2.45) is 7.05 Å². The van der Waals surface area contributed by atoms with Crippen LogP contribution in [0.4, 0.5) is 0 Å². The molecule has 1 amide bonds. The van der Waals surface area contributed by atoms with Crippen molar-refractivity contribution in [1.82, 2.24) is 15.1 Å². The Hall–Kier alpha value is -0.620. The van der Waals surface area contributed by atoms with Crippen LogP contribution in [0.15, 0.2) is 11.2 Å². The van der Waals surface area contributed by atoms with E-state index in [0.29, 0.717) is 16.9 Å². The molecule has 2 rings (SSSR count). The van der Waals surface area contributed by atoms with Gasteiger partial charge in [-0.05, 0) is 31.8 Å². The van der Waals surface area contributed by atoms with E-state index in [0.717, 1.165) is 17.9 Å². The van der Waals surface area contributed by atoms with E-state index < -0.39 is 0 Å². The van der Waals surface area contributed by atoms with Crippen LogP contribution in [0.2, 0.25) is 0 Å². The summed E-state index contributed by atoms with van der Waals surface area (Å²) in [5.74, 6) is 0.0178. The highest BCUT2D eigenvalue weighted by Gasteiger charge is 2.24. The maximum atomic E-state index is 12.3. The van der Waals surface area contributed by atoms with Crippen molar-refractivity contribution >= 4 is 29.4 Å². The summed E-state index contributed by atoms with van der Waals surface area (Å²) in [7, 11) is 1.85. The SMILES string of the molecule is CSc1nn(C)cc1C(=O)N[C@@H]1CCC[C@@H](SC)C1. The fourth-order valence-electron chi connectivity index (χ4n) is 2.53. The van der Waals surface area contributed by atoms with E-state index in [-0.39, 0.29) is 5.91 Å². The zero-order valence-electron chi connectivity index (χ0n) is 11.7. The van der Waals surface area contributed by atoms with Gasteiger partial charge < -0.3 is 5.32 Å². The van der Waals surface area contributed by atoms with Crippen LogP contribution in [0.5, 0.6) is 0 Å². The molecule has 1 N–H and O–H groups in total. The molecule has 0 bridgehead atoms. The maximum absolute atomic E-state index is 12.3. The second-order valence-electron chi connectivity index (χ2n) is 4.92. The molecule has 0 aliphatic heterocycles. The average molecular weight is 299 g/mol. The molecule has 0 saturated heterocycles. The minimum atomic E-state index is 0.0178. The monoisotopic (exact) mass is 299 g/mol. The Labute approximate surface area is 123 Å². The summed E-state index contributed by atoms with van der Waals surface area (Å²) >= 11 is 3.43. The van der Waals surface area contributed by atoms with Gasteiger partial charge in [0.15, 0.2) is 0 Å². The lowest BCUT2D eigenvalue weighted by Gasteiger charge is -2.28. The molecule has 1 aromatic heterocycles. The first kappa shape index (κ1) is 14.8. The first-order valence-corrected chi connectivity index (χ1v) is 9.06. The number of aromatic nitrogens is 2. The molecule has 1 fully saturated rings. The number of hydrogen-bond donors (Lipinski definition) is 1. The lowest BCUT2D eigenvalue weighted by molar-refractivity contribution is 0.0925. The minimum absolute atomic E-state index is 0.0178. The molecule has 0 radical (unpaired) electrons. The summed E-state index contributed by atoms with van der Waals surface area (Å²) in [4.78, 5) is 12.3. The second kappa shape index (κ2) is 6.70. The predicted molar refractivity (Wildman–Crippen MR) is 82.0 cm³/mol. The van der Waals surface area contributed by atoms with Gasteiger partial charge in [0.1, 0.15) is 5.03 Å². The lowest BCUT2D eigenvalue weighted by atomic mass is 9.95. The highest BCUT2D eigenvalue weighted by molar-refractivity contribution is 7.99. The Bertz CT molecular complexity index is 447. The molecule has 106 valence electrons. The zero-order valence-corrected chi connectivity index (χ0v) is 13.3. The number of thioether (sulfide) groups is 2. The van der Waals surface area contributed by atoms with Crippen molar-refractivity contribution < 1.29 is 4.79 Å². The summed E-state index contributed by atoms with van der Waals surface area (Å²) in [5.41, 5.74) is 0.696. The van der Waals surface area contributed by atoms with Crippen LogP contribution in [0.1, 0.15) is 36.0 Å². The van der Waals surface area contributed by atoms with Crippen molar-refractivity contribution in [2.45, 2.75) is 42.0 Å². The summed E-state index contributed by atoms with van der Waals surface area (Å²) in [6, 6.07) is 0.314. The largest absolute Gasteiger partial charge is 0.349 e. The van der Waals surface area contributed by atoms with E-state index >= 15 is 0 Å². The molecule has 1 saturated carbocycles. The smallest absolute Gasteiger partial charge is 0.255 e. The van der Waals surface area contributed by atoms with Gasteiger partial charge in [-0.1, -0.05) is 6.42 Å². The van der Waals surface area contributed by atoms with E-state index in [1.807, 2.05) is 25.1 Å². The molecular weight excluding hydrogens is 278 g/mol. The van der Waals surface area contributed by atoms with Gasteiger partial charge in [0.2, 0.25) is 0 Å². The molecule has 1 aliphatic carbocycles. The van der Waals surface area contributed by atoms with Crippen molar-refractivity contribution in [3.05, 3.63) is 11.8 Å².